The van der Waals surface area contributed by atoms with Gasteiger partial charge in [0.1, 0.15) is 12.4 Å². The van der Waals surface area contributed by atoms with Crippen LogP contribution in [0, 0.1) is 10.1 Å². The maximum absolute atomic E-state index is 11.9. The SMILES string of the molecule is C=CCc1cc(/C=C/c2nc(O)c([N+](=O)[O-])c(=O)[nH]2)cc(OCC)c1OCc1ccc(Cl)cc1. The van der Waals surface area contributed by atoms with Crippen LogP contribution in [0.15, 0.2) is 53.8 Å². The Kier molecular flexibility index (Phi) is 8.05. The molecule has 2 N–H and O–H groups in total. The molecule has 1 aromatic heterocycles. The van der Waals surface area contributed by atoms with E-state index in [4.69, 9.17) is 21.1 Å². The molecule has 0 aliphatic heterocycles. The van der Waals surface area contributed by atoms with Gasteiger partial charge in [-0.25, -0.2) is 0 Å². The zero-order chi connectivity index (χ0) is 24.7. The van der Waals surface area contributed by atoms with Gasteiger partial charge >= 0.3 is 11.2 Å². The summed E-state index contributed by atoms with van der Waals surface area (Å²) in [5, 5.41) is 21.2. The fraction of sp³-hybridized carbons (Fsp3) is 0.167. The number of H-pyrrole nitrogens is 1. The van der Waals surface area contributed by atoms with E-state index >= 15 is 0 Å². The van der Waals surface area contributed by atoms with Crippen LogP contribution in [0.2, 0.25) is 5.02 Å². The second-order valence-electron chi connectivity index (χ2n) is 7.06. The number of rotatable bonds is 10. The van der Waals surface area contributed by atoms with Crippen LogP contribution in [0.3, 0.4) is 0 Å². The summed E-state index contributed by atoms with van der Waals surface area (Å²) in [6.45, 7) is 6.37. The Labute approximate surface area is 200 Å². The summed E-state index contributed by atoms with van der Waals surface area (Å²) in [5.41, 5.74) is 0.396. The molecular weight excluding hydrogens is 462 g/mol. The first-order chi connectivity index (χ1) is 16.3. The number of hydrogen-bond acceptors (Lipinski definition) is 7. The first-order valence-corrected chi connectivity index (χ1v) is 10.6. The maximum atomic E-state index is 11.9. The highest BCUT2D eigenvalue weighted by atomic mass is 35.5. The minimum atomic E-state index is -1.05. The van der Waals surface area contributed by atoms with E-state index in [0.29, 0.717) is 41.7 Å². The summed E-state index contributed by atoms with van der Waals surface area (Å²) in [6.07, 6.45) is 5.29. The normalized spacial score (nSPS) is 10.9. The molecule has 176 valence electrons. The van der Waals surface area contributed by atoms with Crippen molar-refractivity contribution in [3.63, 3.8) is 0 Å². The van der Waals surface area contributed by atoms with Gasteiger partial charge in [0.2, 0.25) is 0 Å². The monoisotopic (exact) mass is 483 g/mol. The van der Waals surface area contributed by atoms with Crippen molar-refractivity contribution < 1.29 is 19.5 Å². The predicted molar refractivity (Wildman–Crippen MR) is 129 cm³/mol. The molecule has 0 atom stereocenters. The van der Waals surface area contributed by atoms with Crippen LogP contribution in [-0.4, -0.2) is 26.6 Å². The number of hydrogen-bond donors (Lipinski definition) is 2. The molecule has 9 nitrogen and oxygen atoms in total. The number of nitro groups is 1. The van der Waals surface area contributed by atoms with Crippen molar-refractivity contribution in [3.8, 4) is 17.4 Å². The van der Waals surface area contributed by atoms with Gasteiger partial charge in [0.25, 0.3) is 5.88 Å². The number of ether oxygens (including phenoxy) is 2. The molecule has 0 aliphatic rings. The summed E-state index contributed by atoms with van der Waals surface area (Å²) in [4.78, 5) is 27.6. The molecule has 0 fully saturated rings. The summed E-state index contributed by atoms with van der Waals surface area (Å²) in [6, 6.07) is 10.9. The van der Waals surface area contributed by atoms with Crippen LogP contribution >= 0.6 is 11.6 Å². The number of benzene rings is 2. The number of allylic oxidation sites excluding steroid dienone is 1. The molecule has 0 saturated carbocycles. The summed E-state index contributed by atoms with van der Waals surface area (Å²) < 4.78 is 11.9. The largest absolute Gasteiger partial charge is 0.490 e. The van der Waals surface area contributed by atoms with Crippen molar-refractivity contribution in [2.75, 3.05) is 6.61 Å². The number of aromatic amines is 1. The van der Waals surface area contributed by atoms with Crippen molar-refractivity contribution in [2.45, 2.75) is 20.0 Å². The molecule has 0 saturated heterocycles. The Morgan fingerprint density at radius 3 is 2.59 bits per heavy atom. The van der Waals surface area contributed by atoms with Crippen LogP contribution in [0.1, 0.15) is 29.4 Å². The van der Waals surface area contributed by atoms with Crippen molar-refractivity contribution >= 4 is 29.4 Å². The quantitative estimate of drug-likeness (QED) is 0.238. The van der Waals surface area contributed by atoms with E-state index < -0.39 is 22.0 Å². The number of aromatic hydroxyl groups is 1. The van der Waals surface area contributed by atoms with Gasteiger partial charge < -0.3 is 19.6 Å². The van der Waals surface area contributed by atoms with Gasteiger partial charge in [0.15, 0.2) is 11.5 Å². The molecule has 0 radical (unpaired) electrons. The molecular formula is C24H22ClN3O6. The first-order valence-electron chi connectivity index (χ1n) is 10.3. The lowest BCUT2D eigenvalue weighted by atomic mass is 10.0. The zero-order valence-electron chi connectivity index (χ0n) is 18.3. The standard InChI is InChI=1S/C24H22ClN3O6/c1-3-5-17-12-16(8-11-20-26-23(29)21(28(31)32)24(30)27-20)13-19(33-4-2)22(17)34-14-15-6-9-18(25)10-7-15/h3,6-13H,1,4-5,14H2,2H3,(H2,26,27,29,30)/b11-8+. The highest BCUT2D eigenvalue weighted by molar-refractivity contribution is 6.30. The van der Waals surface area contributed by atoms with Crippen molar-refractivity contribution in [1.29, 1.82) is 0 Å². The van der Waals surface area contributed by atoms with E-state index in [9.17, 15) is 20.0 Å². The van der Waals surface area contributed by atoms with Crippen molar-refractivity contribution in [2.24, 2.45) is 0 Å². The number of nitrogens with zero attached hydrogens (tertiary/aromatic N) is 2. The Balaban J connectivity index is 1.94. The van der Waals surface area contributed by atoms with Crippen molar-refractivity contribution in [1.82, 2.24) is 9.97 Å². The molecule has 0 spiro atoms. The summed E-state index contributed by atoms with van der Waals surface area (Å²) in [5.74, 6) is 0.0953. The van der Waals surface area contributed by atoms with E-state index in [1.165, 1.54) is 6.08 Å². The Morgan fingerprint density at radius 1 is 1.24 bits per heavy atom. The topological polar surface area (TPSA) is 128 Å². The third-order valence-electron chi connectivity index (χ3n) is 4.63. The first kappa shape index (κ1) is 24.5. The van der Waals surface area contributed by atoms with Crippen LogP contribution < -0.4 is 15.0 Å². The smallest absolute Gasteiger partial charge is 0.395 e. The average molecular weight is 484 g/mol. The van der Waals surface area contributed by atoms with Gasteiger partial charge in [0, 0.05) is 10.6 Å². The maximum Gasteiger partial charge on any atom is 0.395 e. The molecule has 2 aromatic carbocycles. The van der Waals surface area contributed by atoms with Gasteiger partial charge in [-0.1, -0.05) is 35.9 Å². The molecule has 0 unspecified atom stereocenters. The fourth-order valence-electron chi connectivity index (χ4n) is 3.14. The minimum Gasteiger partial charge on any atom is -0.490 e. The van der Waals surface area contributed by atoms with Crippen LogP contribution in [-0.2, 0) is 13.0 Å². The van der Waals surface area contributed by atoms with E-state index in [-0.39, 0.29) is 5.82 Å². The molecule has 1 heterocycles. The Morgan fingerprint density at radius 2 is 1.97 bits per heavy atom. The molecule has 0 bridgehead atoms. The summed E-state index contributed by atoms with van der Waals surface area (Å²) >= 11 is 5.95. The lowest BCUT2D eigenvalue weighted by Crippen LogP contribution is -2.14. The third-order valence-corrected chi connectivity index (χ3v) is 4.88. The Hall–Kier alpha value is -4.11. The highest BCUT2D eigenvalue weighted by Gasteiger charge is 2.21. The fourth-order valence-corrected chi connectivity index (χ4v) is 3.27. The van der Waals surface area contributed by atoms with Gasteiger partial charge in [-0.15, -0.1) is 6.58 Å². The van der Waals surface area contributed by atoms with E-state index in [1.807, 2.05) is 25.1 Å². The second-order valence-corrected chi connectivity index (χ2v) is 7.50. The van der Waals surface area contributed by atoms with Gasteiger partial charge in [0.05, 0.1) is 11.5 Å². The second kappa shape index (κ2) is 11.2. The third kappa shape index (κ3) is 6.02. The molecule has 0 aliphatic carbocycles. The van der Waals surface area contributed by atoms with Gasteiger partial charge in [-0.2, -0.15) is 4.98 Å². The zero-order valence-corrected chi connectivity index (χ0v) is 19.0. The predicted octanol–water partition coefficient (Wildman–Crippen LogP) is 4.91. The molecule has 0 amide bonds. The van der Waals surface area contributed by atoms with E-state index in [2.05, 4.69) is 16.5 Å². The van der Waals surface area contributed by atoms with Crippen molar-refractivity contribution in [3.05, 3.63) is 97.1 Å². The molecule has 3 aromatic rings. The molecule has 3 rings (SSSR count). The van der Waals surface area contributed by atoms with E-state index in [1.54, 1.807) is 30.4 Å². The number of aromatic nitrogens is 2. The Bertz CT molecular complexity index is 1290. The van der Waals surface area contributed by atoms with Crippen LogP contribution in [0.5, 0.6) is 17.4 Å². The van der Waals surface area contributed by atoms with Gasteiger partial charge in [-0.3, -0.25) is 14.9 Å². The number of halogens is 1. The number of nitrogens with one attached hydrogen (secondary N) is 1. The lowest BCUT2D eigenvalue weighted by Gasteiger charge is -2.17. The van der Waals surface area contributed by atoms with E-state index in [0.717, 1.165) is 11.1 Å². The molecule has 10 heteroatoms. The highest BCUT2D eigenvalue weighted by Crippen LogP contribution is 2.35. The van der Waals surface area contributed by atoms with Crippen LogP contribution in [0.4, 0.5) is 5.69 Å². The average Bonchev–Trinajstić information content (AvgIpc) is 2.78. The summed E-state index contributed by atoms with van der Waals surface area (Å²) in [7, 11) is 0. The minimum absolute atomic E-state index is 0.0422. The lowest BCUT2D eigenvalue weighted by molar-refractivity contribution is -0.387. The molecule has 34 heavy (non-hydrogen) atoms. The van der Waals surface area contributed by atoms with Gasteiger partial charge in [-0.05, 0) is 54.8 Å². The van der Waals surface area contributed by atoms with Crippen LogP contribution in [0.25, 0.3) is 12.2 Å².